The Bertz CT molecular complexity index is 364. The summed E-state index contributed by atoms with van der Waals surface area (Å²) in [7, 11) is 1.88. The van der Waals surface area contributed by atoms with Gasteiger partial charge in [0.1, 0.15) is 0 Å². The number of carbonyl (C=O) groups is 1. The molecule has 0 saturated heterocycles. The van der Waals surface area contributed by atoms with Crippen molar-refractivity contribution in [3.8, 4) is 0 Å². The molecule has 0 radical (unpaired) electrons. The highest BCUT2D eigenvalue weighted by molar-refractivity contribution is 9.10. The lowest BCUT2D eigenvalue weighted by atomic mass is 10.1. The molecule has 1 rings (SSSR count). The lowest BCUT2D eigenvalue weighted by Gasteiger charge is -2.22. The molecule has 0 fully saturated rings. The van der Waals surface area contributed by atoms with Gasteiger partial charge in [-0.05, 0) is 24.3 Å². The van der Waals surface area contributed by atoms with Gasteiger partial charge in [0, 0.05) is 13.6 Å². The van der Waals surface area contributed by atoms with Crippen LogP contribution in [0, 0.1) is 5.92 Å². The molecular formula is C15H22BrNO. The first kappa shape index (κ1) is 15.2. The van der Waals surface area contributed by atoms with E-state index in [-0.39, 0.29) is 10.7 Å². The molecule has 0 aromatic heterocycles. The number of aryl methyl sites for hydroxylation is 1. The van der Waals surface area contributed by atoms with Gasteiger partial charge in [0.25, 0.3) is 0 Å². The molecule has 0 aliphatic carbocycles. The normalized spacial score (nSPS) is 12.5. The zero-order valence-electron chi connectivity index (χ0n) is 11.4. The summed E-state index contributed by atoms with van der Waals surface area (Å²) in [6.45, 7) is 4.91. The van der Waals surface area contributed by atoms with Crippen LogP contribution in [0.25, 0.3) is 0 Å². The molecule has 1 amide bonds. The van der Waals surface area contributed by atoms with Crippen LogP contribution in [0.5, 0.6) is 0 Å². The molecule has 0 aliphatic heterocycles. The molecule has 0 aliphatic rings. The fourth-order valence-corrected chi connectivity index (χ4v) is 2.12. The largest absolute Gasteiger partial charge is 0.345 e. The van der Waals surface area contributed by atoms with Crippen molar-refractivity contribution in [1.82, 2.24) is 4.90 Å². The minimum absolute atomic E-state index is 0.0702. The topological polar surface area (TPSA) is 20.3 Å². The van der Waals surface area contributed by atoms with Crippen LogP contribution in [0.3, 0.4) is 0 Å². The number of amides is 1. The summed E-state index contributed by atoms with van der Waals surface area (Å²) in [4.78, 5) is 13.8. The van der Waals surface area contributed by atoms with Crippen LogP contribution in [0.15, 0.2) is 30.3 Å². The molecule has 1 atom stereocenters. The van der Waals surface area contributed by atoms with E-state index in [0.717, 1.165) is 19.4 Å². The van der Waals surface area contributed by atoms with Crippen molar-refractivity contribution >= 4 is 21.8 Å². The minimum atomic E-state index is -0.0702. The van der Waals surface area contributed by atoms with Gasteiger partial charge >= 0.3 is 0 Å². The Kier molecular flexibility index (Phi) is 6.41. The molecule has 100 valence electrons. The summed E-state index contributed by atoms with van der Waals surface area (Å²) in [5.74, 6) is 0.507. The Morgan fingerprint density at radius 1 is 1.28 bits per heavy atom. The molecule has 1 unspecified atom stereocenters. The van der Waals surface area contributed by atoms with Gasteiger partial charge in [-0.1, -0.05) is 60.1 Å². The first-order valence-corrected chi connectivity index (χ1v) is 7.37. The number of halogens is 1. The van der Waals surface area contributed by atoms with Crippen molar-refractivity contribution < 1.29 is 4.79 Å². The van der Waals surface area contributed by atoms with Crippen molar-refractivity contribution in [3.63, 3.8) is 0 Å². The molecule has 18 heavy (non-hydrogen) atoms. The van der Waals surface area contributed by atoms with Crippen LogP contribution in [0.4, 0.5) is 0 Å². The molecule has 0 saturated carbocycles. The number of carbonyl (C=O) groups excluding carboxylic acids is 1. The maximum absolute atomic E-state index is 12.0. The average molecular weight is 312 g/mol. The Morgan fingerprint density at radius 2 is 1.89 bits per heavy atom. The van der Waals surface area contributed by atoms with E-state index in [2.05, 4.69) is 54.0 Å². The smallest absolute Gasteiger partial charge is 0.236 e. The molecule has 0 bridgehead atoms. The Labute approximate surface area is 119 Å². The number of hydrogen-bond donors (Lipinski definition) is 0. The zero-order valence-corrected chi connectivity index (χ0v) is 13.0. The maximum atomic E-state index is 12.0. The highest BCUT2D eigenvalue weighted by atomic mass is 79.9. The molecule has 0 N–H and O–H groups in total. The van der Waals surface area contributed by atoms with E-state index in [4.69, 9.17) is 0 Å². The number of nitrogens with zero attached hydrogens (tertiary/aromatic N) is 1. The van der Waals surface area contributed by atoms with Crippen molar-refractivity contribution in [3.05, 3.63) is 35.9 Å². The predicted octanol–water partition coefficient (Wildman–Crippen LogP) is 3.50. The highest BCUT2D eigenvalue weighted by Crippen LogP contribution is 2.14. The van der Waals surface area contributed by atoms with Gasteiger partial charge in [0.2, 0.25) is 5.91 Å². The Morgan fingerprint density at radius 3 is 2.44 bits per heavy atom. The molecule has 1 aromatic rings. The standard InChI is InChI=1S/C15H22BrNO/c1-12(2)14(16)15(18)17(3)11-7-10-13-8-5-4-6-9-13/h4-6,8-9,12,14H,7,10-11H2,1-3H3. The summed E-state index contributed by atoms with van der Waals surface area (Å²) >= 11 is 3.45. The van der Waals surface area contributed by atoms with Crippen molar-refractivity contribution in [2.45, 2.75) is 31.5 Å². The number of hydrogen-bond acceptors (Lipinski definition) is 1. The van der Waals surface area contributed by atoms with Gasteiger partial charge in [-0.2, -0.15) is 0 Å². The first-order chi connectivity index (χ1) is 8.52. The number of rotatable bonds is 6. The summed E-state index contributed by atoms with van der Waals surface area (Å²) in [6.07, 6.45) is 2.02. The lowest BCUT2D eigenvalue weighted by Crippen LogP contribution is -2.36. The van der Waals surface area contributed by atoms with Crippen LogP contribution >= 0.6 is 15.9 Å². The molecule has 3 heteroatoms. The SMILES string of the molecule is CC(C)C(Br)C(=O)N(C)CCCc1ccccc1. The van der Waals surface area contributed by atoms with Crippen LogP contribution in [-0.4, -0.2) is 29.2 Å². The van der Waals surface area contributed by atoms with E-state index in [9.17, 15) is 4.79 Å². The van der Waals surface area contributed by atoms with Crippen molar-refractivity contribution in [2.24, 2.45) is 5.92 Å². The molecule has 2 nitrogen and oxygen atoms in total. The van der Waals surface area contributed by atoms with E-state index in [1.54, 1.807) is 0 Å². The van der Waals surface area contributed by atoms with Gasteiger partial charge in [0.15, 0.2) is 0 Å². The predicted molar refractivity (Wildman–Crippen MR) is 80.0 cm³/mol. The van der Waals surface area contributed by atoms with Gasteiger partial charge < -0.3 is 4.90 Å². The maximum Gasteiger partial charge on any atom is 0.236 e. The molecule has 1 aromatic carbocycles. The molecular weight excluding hydrogens is 290 g/mol. The Hall–Kier alpha value is -0.830. The third kappa shape index (κ3) is 4.81. The number of benzene rings is 1. The monoisotopic (exact) mass is 311 g/mol. The molecule has 0 heterocycles. The van der Waals surface area contributed by atoms with Gasteiger partial charge in [-0.15, -0.1) is 0 Å². The van der Waals surface area contributed by atoms with Crippen LogP contribution in [0.2, 0.25) is 0 Å². The average Bonchev–Trinajstić information content (AvgIpc) is 2.38. The summed E-state index contributed by atoms with van der Waals surface area (Å²) in [5.41, 5.74) is 1.33. The Balaban J connectivity index is 2.33. The minimum Gasteiger partial charge on any atom is -0.345 e. The van der Waals surface area contributed by atoms with Gasteiger partial charge in [0.05, 0.1) is 4.83 Å². The van der Waals surface area contributed by atoms with E-state index >= 15 is 0 Å². The summed E-state index contributed by atoms with van der Waals surface area (Å²) in [5, 5.41) is 0. The second-order valence-corrected chi connectivity index (χ2v) is 5.98. The third-order valence-corrected chi connectivity index (χ3v) is 4.45. The van der Waals surface area contributed by atoms with E-state index in [1.807, 2.05) is 18.0 Å². The second-order valence-electron chi connectivity index (χ2n) is 4.99. The van der Waals surface area contributed by atoms with Crippen LogP contribution < -0.4 is 0 Å². The second kappa shape index (κ2) is 7.57. The lowest BCUT2D eigenvalue weighted by molar-refractivity contribution is -0.129. The fraction of sp³-hybridized carbons (Fsp3) is 0.533. The van der Waals surface area contributed by atoms with Crippen molar-refractivity contribution in [1.29, 1.82) is 0 Å². The van der Waals surface area contributed by atoms with Crippen molar-refractivity contribution in [2.75, 3.05) is 13.6 Å². The van der Waals surface area contributed by atoms with E-state index < -0.39 is 0 Å². The van der Waals surface area contributed by atoms with Crippen LogP contribution in [-0.2, 0) is 11.2 Å². The molecule has 0 spiro atoms. The fourth-order valence-electron chi connectivity index (χ4n) is 1.77. The van der Waals surface area contributed by atoms with Gasteiger partial charge in [-0.3, -0.25) is 4.79 Å². The first-order valence-electron chi connectivity index (χ1n) is 6.45. The summed E-state index contributed by atoms with van der Waals surface area (Å²) < 4.78 is 0. The van der Waals surface area contributed by atoms with E-state index in [1.165, 1.54) is 5.56 Å². The number of alkyl halides is 1. The quantitative estimate of drug-likeness (QED) is 0.736. The van der Waals surface area contributed by atoms with Crippen LogP contribution in [0.1, 0.15) is 25.8 Å². The van der Waals surface area contributed by atoms with Gasteiger partial charge in [-0.25, -0.2) is 0 Å². The highest BCUT2D eigenvalue weighted by Gasteiger charge is 2.21. The zero-order chi connectivity index (χ0) is 13.5. The third-order valence-electron chi connectivity index (χ3n) is 3.00. The van der Waals surface area contributed by atoms with E-state index in [0.29, 0.717) is 5.92 Å². The summed E-state index contributed by atoms with van der Waals surface area (Å²) in [6, 6.07) is 10.4.